The monoisotopic (exact) mass is 594 g/mol. The second-order valence-corrected chi connectivity index (χ2v) is 10.4. The largest absolute Gasteiger partial charge is 1.00 e. The van der Waals surface area contributed by atoms with Gasteiger partial charge in [-0.25, -0.2) is 0 Å². The maximum absolute atomic E-state index is 9.82. The molecule has 0 amide bonds. The summed E-state index contributed by atoms with van der Waals surface area (Å²) in [5.74, 6) is 1.54. The van der Waals surface area contributed by atoms with Crippen LogP contribution in [0.15, 0.2) is 146 Å². The summed E-state index contributed by atoms with van der Waals surface area (Å²) >= 11 is 0. The van der Waals surface area contributed by atoms with Gasteiger partial charge in [-0.2, -0.15) is 18.2 Å². The number of benzene rings is 5. The molecule has 0 aliphatic rings. The molecule has 1 N–H and O–H groups in total. The first-order chi connectivity index (χ1) is 17.3. The van der Waals surface area contributed by atoms with Crippen LogP contribution in [0.2, 0.25) is 0 Å². The molecule has 0 aliphatic carbocycles. The predicted octanol–water partition coefficient (Wildman–Crippen LogP) is 7.03. The van der Waals surface area contributed by atoms with Crippen molar-refractivity contribution in [1.29, 1.82) is 0 Å². The first-order valence-electron chi connectivity index (χ1n) is 11.1. The van der Waals surface area contributed by atoms with Crippen LogP contribution in [-0.2, 0) is 17.1 Å². The molecule has 0 saturated heterocycles. The fraction of sp³-hybridized carbons (Fsp3) is 0. The molecular weight excluding hydrogens is 569 g/mol. The Morgan fingerprint density at radius 1 is 0.514 bits per heavy atom. The van der Waals surface area contributed by atoms with E-state index in [0.29, 0.717) is 5.75 Å². The molecule has 0 saturated carbocycles. The minimum Gasteiger partial charge on any atom is -0.524 e. The molecule has 1 atom stereocenters. The Bertz CT molecular complexity index is 1210. The minimum absolute atomic E-state index is 0. The van der Waals surface area contributed by atoms with Crippen molar-refractivity contribution in [2.24, 2.45) is 0 Å². The molecule has 192 valence electrons. The maximum Gasteiger partial charge on any atom is 1.00 e. The Hall–Kier alpha value is -2.67. The van der Waals surface area contributed by atoms with E-state index in [-0.39, 0.29) is 29.5 Å². The third-order valence-corrected chi connectivity index (χ3v) is 7.82. The van der Waals surface area contributed by atoms with Gasteiger partial charge in [0.05, 0.1) is 0 Å². The smallest absolute Gasteiger partial charge is 0.524 e. The van der Waals surface area contributed by atoms with E-state index in [0.717, 1.165) is 11.1 Å². The molecule has 5 aromatic carbocycles. The Kier molecular flexibility index (Phi) is 14.0. The van der Waals surface area contributed by atoms with E-state index in [1.165, 1.54) is 10.6 Å². The van der Waals surface area contributed by atoms with Crippen LogP contribution in [0, 0.1) is 6.07 Å². The zero-order valence-corrected chi connectivity index (χ0v) is 23.3. The van der Waals surface area contributed by atoms with Crippen molar-refractivity contribution in [3.05, 3.63) is 152 Å². The van der Waals surface area contributed by atoms with Crippen molar-refractivity contribution < 1.29 is 31.0 Å². The first-order valence-corrected chi connectivity index (χ1v) is 13.6. The molecule has 0 bridgehead atoms. The molecule has 5 aromatic rings. The molecule has 3 nitrogen and oxygen atoms in total. The third-order valence-electron chi connectivity index (χ3n) is 4.77. The van der Waals surface area contributed by atoms with Gasteiger partial charge in [-0.1, -0.05) is 97.1 Å². The quantitative estimate of drug-likeness (QED) is 0.125. The second kappa shape index (κ2) is 17.0. The molecule has 0 radical (unpaired) electrons. The van der Waals surface area contributed by atoms with Crippen molar-refractivity contribution in [1.82, 2.24) is 0 Å². The summed E-state index contributed by atoms with van der Waals surface area (Å²) < 4.78 is 11.6. The zero-order chi connectivity index (χ0) is 24.1. The summed E-state index contributed by atoms with van der Waals surface area (Å²) in [6.45, 7) is 0. The van der Waals surface area contributed by atoms with Crippen LogP contribution in [0.1, 0.15) is 0 Å². The third kappa shape index (κ3) is 9.95. The van der Waals surface area contributed by atoms with Gasteiger partial charge < -0.3 is 13.9 Å². The molecule has 0 heterocycles. The molecular formula is C30H26ClCuO3P2. The van der Waals surface area contributed by atoms with Gasteiger partial charge in [-0.3, -0.25) is 0 Å². The fourth-order valence-corrected chi connectivity index (χ4v) is 5.68. The standard InChI is InChI=1S/C18H14OP.C12H11O2P.ClH.Cu/c1-4-10-16(11-5-1)19-20(17-12-6-2-7-13-17)18-14-8-3-9-15-18;13-15(12-9-5-2-6-10-12)14-11-7-3-1-4-8-11;;/h1-4,6-15H;1-10,13H;1H;/q-1;;;+1. The van der Waals surface area contributed by atoms with Crippen LogP contribution in [0.5, 0.6) is 11.5 Å². The van der Waals surface area contributed by atoms with E-state index in [4.69, 9.17) is 9.05 Å². The van der Waals surface area contributed by atoms with E-state index >= 15 is 0 Å². The summed E-state index contributed by atoms with van der Waals surface area (Å²) in [6.07, 6.45) is 0. The van der Waals surface area contributed by atoms with Crippen molar-refractivity contribution >= 4 is 44.8 Å². The van der Waals surface area contributed by atoms with E-state index in [9.17, 15) is 4.89 Å². The Morgan fingerprint density at radius 2 is 0.946 bits per heavy atom. The van der Waals surface area contributed by atoms with Gasteiger partial charge >= 0.3 is 17.1 Å². The van der Waals surface area contributed by atoms with Crippen LogP contribution in [-0.4, -0.2) is 4.89 Å². The number of para-hydroxylation sites is 1. The Balaban J connectivity index is 0.000000256. The summed E-state index contributed by atoms with van der Waals surface area (Å²) in [4.78, 5) is 9.82. The van der Waals surface area contributed by atoms with Gasteiger partial charge in [-0.15, -0.1) is 24.5 Å². The average Bonchev–Trinajstić information content (AvgIpc) is 2.95. The van der Waals surface area contributed by atoms with Crippen molar-refractivity contribution in [3.8, 4) is 11.5 Å². The number of rotatable bonds is 7. The zero-order valence-electron chi connectivity index (χ0n) is 19.7. The fourth-order valence-electron chi connectivity index (χ4n) is 3.11. The van der Waals surface area contributed by atoms with Gasteiger partial charge in [0.2, 0.25) is 0 Å². The van der Waals surface area contributed by atoms with E-state index in [1.54, 1.807) is 0 Å². The van der Waals surface area contributed by atoms with Gasteiger partial charge in [-0.05, 0) is 24.3 Å². The normalized spacial score (nSPS) is 10.5. The van der Waals surface area contributed by atoms with E-state index in [2.05, 4.69) is 30.3 Å². The molecule has 0 spiro atoms. The Labute approximate surface area is 238 Å². The molecule has 5 rings (SSSR count). The van der Waals surface area contributed by atoms with Gasteiger partial charge in [0.15, 0.2) is 0 Å². The number of halogens is 1. The summed E-state index contributed by atoms with van der Waals surface area (Å²) in [7, 11) is -2.40. The molecule has 0 aromatic heterocycles. The topological polar surface area (TPSA) is 38.7 Å². The number of hydrogen-bond donors (Lipinski definition) is 1. The van der Waals surface area contributed by atoms with Gasteiger partial charge in [0.1, 0.15) is 13.9 Å². The summed E-state index contributed by atoms with van der Waals surface area (Å²) in [5.41, 5.74) is 0. The van der Waals surface area contributed by atoms with Crippen LogP contribution in [0.3, 0.4) is 0 Å². The Morgan fingerprint density at radius 3 is 1.41 bits per heavy atom. The molecule has 7 heteroatoms. The van der Waals surface area contributed by atoms with E-state index in [1.807, 2.05) is 121 Å². The number of hydrogen-bond acceptors (Lipinski definition) is 3. The van der Waals surface area contributed by atoms with Crippen LogP contribution >= 0.6 is 28.9 Å². The minimum atomic E-state index is -1.55. The van der Waals surface area contributed by atoms with Crippen molar-refractivity contribution in [2.45, 2.75) is 0 Å². The van der Waals surface area contributed by atoms with Crippen molar-refractivity contribution in [3.63, 3.8) is 0 Å². The SMILES string of the molecule is Cl.OP(Oc1ccccc1)c1ccccc1.[Cu+].[c-]1cccc(OP(c2ccccc2)c2ccccc2)c1. The van der Waals surface area contributed by atoms with Gasteiger partial charge in [0, 0.05) is 21.7 Å². The summed E-state index contributed by atoms with van der Waals surface area (Å²) in [5, 5.41) is 3.23. The predicted molar refractivity (Wildman–Crippen MR) is 155 cm³/mol. The molecule has 1 unspecified atom stereocenters. The van der Waals surface area contributed by atoms with E-state index < -0.39 is 16.5 Å². The first kappa shape index (κ1) is 30.6. The maximum atomic E-state index is 9.82. The van der Waals surface area contributed by atoms with Crippen LogP contribution in [0.4, 0.5) is 0 Å². The van der Waals surface area contributed by atoms with Crippen LogP contribution < -0.4 is 25.0 Å². The second-order valence-electron chi connectivity index (χ2n) is 7.31. The molecule has 0 fully saturated rings. The summed E-state index contributed by atoms with van der Waals surface area (Å²) in [6, 6.07) is 50.2. The van der Waals surface area contributed by atoms with Crippen LogP contribution in [0.25, 0.3) is 0 Å². The average molecular weight is 595 g/mol. The molecule has 0 aliphatic heterocycles. The van der Waals surface area contributed by atoms with Crippen molar-refractivity contribution in [2.75, 3.05) is 0 Å². The van der Waals surface area contributed by atoms with Gasteiger partial charge in [0.25, 0.3) is 8.38 Å². The molecule has 37 heavy (non-hydrogen) atoms.